The summed E-state index contributed by atoms with van der Waals surface area (Å²) in [7, 11) is 1.38. The van der Waals surface area contributed by atoms with Gasteiger partial charge in [-0.25, -0.2) is 15.3 Å². The van der Waals surface area contributed by atoms with Crippen LogP contribution in [0.15, 0.2) is 0 Å². The Morgan fingerprint density at radius 1 is 1.54 bits per heavy atom. The lowest BCUT2D eigenvalue weighted by molar-refractivity contribution is 0.114. The highest BCUT2D eigenvalue weighted by molar-refractivity contribution is 7.16. The monoisotopic (exact) mass is 201 g/mol. The molecule has 2 N–H and O–H groups in total. The van der Waals surface area contributed by atoms with E-state index < -0.39 is 6.03 Å². The number of nitrogens with one attached hydrogen (secondary N) is 2. The van der Waals surface area contributed by atoms with Crippen molar-refractivity contribution in [2.45, 2.75) is 13.8 Å². The molecule has 13 heavy (non-hydrogen) atoms. The standard InChI is InChI=1S/C7H11N3O2S/c1-4-6(13-5(2)8-4)9-7(11)10-12-3/h1-3H3,(H2,9,10,11). The van der Waals surface area contributed by atoms with E-state index >= 15 is 0 Å². The summed E-state index contributed by atoms with van der Waals surface area (Å²) in [6.07, 6.45) is 0. The smallest absolute Gasteiger partial charge is 0.296 e. The number of urea groups is 1. The Hall–Kier alpha value is -1.14. The molecule has 0 saturated heterocycles. The first kappa shape index (κ1) is 9.94. The van der Waals surface area contributed by atoms with Gasteiger partial charge in [0.15, 0.2) is 0 Å². The summed E-state index contributed by atoms with van der Waals surface area (Å²) in [5.41, 5.74) is 2.97. The molecule has 0 spiro atoms. The Bertz CT molecular complexity index is 311. The average Bonchev–Trinajstić information content (AvgIpc) is 2.30. The van der Waals surface area contributed by atoms with Gasteiger partial charge in [-0.05, 0) is 13.8 Å². The molecule has 0 aliphatic carbocycles. The molecule has 1 aromatic rings. The number of hydrogen-bond donors (Lipinski definition) is 2. The van der Waals surface area contributed by atoms with Gasteiger partial charge >= 0.3 is 6.03 Å². The summed E-state index contributed by atoms with van der Waals surface area (Å²) in [4.78, 5) is 19.6. The molecule has 6 heteroatoms. The van der Waals surface area contributed by atoms with E-state index in [9.17, 15) is 4.79 Å². The maximum Gasteiger partial charge on any atom is 0.343 e. The van der Waals surface area contributed by atoms with Gasteiger partial charge in [0.25, 0.3) is 0 Å². The van der Waals surface area contributed by atoms with E-state index in [4.69, 9.17) is 0 Å². The van der Waals surface area contributed by atoms with Crippen LogP contribution in [0, 0.1) is 13.8 Å². The van der Waals surface area contributed by atoms with E-state index in [0.717, 1.165) is 15.7 Å². The normalized spacial score (nSPS) is 9.77. The van der Waals surface area contributed by atoms with Crippen molar-refractivity contribution in [1.82, 2.24) is 10.5 Å². The van der Waals surface area contributed by atoms with E-state index in [1.807, 2.05) is 13.8 Å². The number of rotatable bonds is 2. The molecule has 0 aromatic carbocycles. The molecule has 0 aliphatic heterocycles. The second-order valence-electron chi connectivity index (χ2n) is 2.41. The summed E-state index contributed by atoms with van der Waals surface area (Å²) in [6, 6.07) is -0.394. The van der Waals surface area contributed by atoms with E-state index in [1.54, 1.807) is 0 Å². The minimum atomic E-state index is -0.394. The van der Waals surface area contributed by atoms with E-state index in [2.05, 4.69) is 20.6 Å². The van der Waals surface area contributed by atoms with Crippen molar-refractivity contribution in [3.8, 4) is 0 Å². The number of aryl methyl sites for hydroxylation is 2. The molecule has 0 unspecified atom stereocenters. The molecule has 0 bridgehead atoms. The minimum Gasteiger partial charge on any atom is -0.296 e. The van der Waals surface area contributed by atoms with Gasteiger partial charge in [0, 0.05) is 0 Å². The number of aromatic nitrogens is 1. The van der Waals surface area contributed by atoms with Crippen LogP contribution in [0.3, 0.4) is 0 Å². The maximum atomic E-state index is 11.0. The van der Waals surface area contributed by atoms with Gasteiger partial charge in [0.2, 0.25) is 0 Å². The van der Waals surface area contributed by atoms with E-state index in [0.29, 0.717) is 0 Å². The Labute approximate surface area is 80.1 Å². The Morgan fingerprint density at radius 2 is 2.23 bits per heavy atom. The third-order valence-corrected chi connectivity index (χ3v) is 2.31. The van der Waals surface area contributed by atoms with Crippen LogP contribution < -0.4 is 10.8 Å². The molecular weight excluding hydrogens is 190 g/mol. The summed E-state index contributed by atoms with van der Waals surface area (Å²) in [6.45, 7) is 3.73. The number of carbonyl (C=O) groups is 1. The van der Waals surface area contributed by atoms with Gasteiger partial charge in [0.05, 0.1) is 17.8 Å². The SMILES string of the molecule is CONC(=O)Nc1sc(C)nc1C. The Balaban J connectivity index is 2.63. The lowest BCUT2D eigenvalue weighted by Gasteiger charge is -2.02. The summed E-state index contributed by atoms with van der Waals surface area (Å²) >= 11 is 1.43. The number of hydrogen-bond acceptors (Lipinski definition) is 4. The fourth-order valence-corrected chi connectivity index (χ4v) is 1.68. The molecule has 0 aliphatic rings. The third-order valence-electron chi connectivity index (χ3n) is 1.33. The van der Waals surface area contributed by atoms with Gasteiger partial charge in [-0.2, -0.15) is 0 Å². The zero-order valence-electron chi connectivity index (χ0n) is 7.67. The van der Waals surface area contributed by atoms with E-state index in [-0.39, 0.29) is 0 Å². The first-order chi connectivity index (χ1) is 6.13. The van der Waals surface area contributed by atoms with Crippen LogP contribution in [0.5, 0.6) is 0 Å². The number of amides is 2. The molecule has 5 nitrogen and oxygen atoms in total. The highest BCUT2D eigenvalue weighted by Gasteiger charge is 2.07. The maximum absolute atomic E-state index is 11.0. The van der Waals surface area contributed by atoms with Crippen LogP contribution in [0.25, 0.3) is 0 Å². The zero-order chi connectivity index (χ0) is 9.84. The summed E-state index contributed by atoms with van der Waals surface area (Å²) in [5, 5.41) is 4.28. The Kier molecular flexibility index (Phi) is 3.21. The van der Waals surface area contributed by atoms with Gasteiger partial charge < -0.3 is 0 Å². The quantitative estimate of drug-likeness (QED) is 0.712. The van der Waals surface area contributed by atoms with Gasteiger partial charge in [-0.15, -0.1) is 11.3 Å². The molecule has 0 fully saturated rings. The summed E-state index contributed by atoms with van der Waals surface area (Å²) in [5.74, 6) is 0. The fraction of sp³-hybridized carbons (Fsp3) is 0.429. The predicted molar refractivity (Wildman–Crippen MR) is 50.8 cm³/mol. The molecule has 2 amide bonds. The third kappa shape index (κ3) is 2.67. The van der Waals surface area contributed by atoms with Gasteiger partial charge in [-0.3, -0.25) is 10.2 Å². The molecule has 1 heterocycles. The van der Waals surface area contributed by atoms with Crippen LogP contribution in [0.1, 0.15) is 10.7 Å². The number of carbonyl (C=O) groups excluding carboxylic acids is 1. The highest BCUT2D eigenvalue weighted by Crippen LogP contribution is 2.22. The lowest BCUT2D eigenvalue weighted by atomic mass is 10.5. The fourth-order valence-electron chi connectivity index (χ4n) is 0.869. The largest absolute Gasteiger partial charge is 0.343 e. The highest BCUT2D eigenvalue weighted by atomic mass is 32.1. The first-order valence-electron chi connectivity index (χ1n) is 3.67. The number of thiazole rings is 1. The van der Waals surface area contributed by atoms with Crippen molar-refractivity contribution in [3.63, 3.8) is 0 Å². The molecular formula is C7H11N3O2S. The lowest BCUT2D eigenvalue weighted by Crippen LogP contribution is -2.27. The van der Waals surface area contributed by atoms with Crippen molar-refractivity contribution in [1.29, 1.82) is 0 Å². The minimum absolute atomic E-state index is 0.394. The van der Waals surface area contributed by atoms with Crippen LogP contribution >= 0.6 is 11.3 Å². The molecule has 1 aromatic heterocycles. The zero-order valence-corrected chi connectivity index (χ0v) is 8.49. The molecule has 72 valence electrons. The predicted octanol–water partition coefficient (Wildman–Crippen LogP) is 1.44. The van der Waals surface area contributed by atoms with Crippen LogP contribution in [-0.2, 0) is 4.84 Å². The second-order valence-corrected chi connectivity index (χ2v) is 3.61. The number of nitrogens with zero attached hydrogens (tertiary/aromatic N) is 1. The summed E-state index contributed by atoms with van der Waals surface area (Å²) < 4.78 is 0. The average molecular weight is 201 g/mol. The second kappa shape index (κ2) is 4.20. The van der Waals surface area contributed by atoms with Crippen LogP contribution in [0.2, 0.25) is 0 Å². The first-order valence-corrected chi connectivity index (χ1v) is 4.49. The van der Waals surface area contributed by atoms with E-state index in [1.165, 1.54) is 18.4 Å². The topological polar surface area (TPSA) is 63.2 Å². The number of hydroxylamine groups is 1. The molecule has 0 radical (unpaired) electrons. The van der Waals surface area contributed by atoms with Crippen LogP contribution in [-0.4, -0.2) is 18.1 Å². The van der Waals surface area contributed by atoms with Crippen molar-refractivity contribution >= 4 is 22.4 Å². The molecule has 0 saturated carbocycles. The number of anilines is 1. The van der Waals surface area contributed by atoms with Crippen molar-refractivity contribution < 1.29 is 9.63 Å². The molecule has 1 rings (SSSR count). The van der Waals surface area contributed by atoms with Crippen molar-refractivity contribution in [3.05, 3.63) is 10.7 Å². The molecule has 0 atom stereocenters. The van der Waals surface area contributed by atoms with Crippen molar-refractivity contribution in [2.24, 2.45) is 0 Å². The van der Waals surface area contributed by atoms with Gasteiger partial charge in [-0.1, -0.05) is 0 Å². The van der Waals surface area contributed by atoms with Gasteiger partial charge in [0.1, 0.15) is 5.00 Å². The Morgan fingerprint density at radius 3 is 2.69 bits per heavy atom. The van der Waals surface area contributed by atoms with Crippen LogP contribution in [0.4, 0.5) is 9.80 Å². The van der Waals surface area contributed by atoms with Crippen molar-refractivity contribution in [2.75, 3.05) is 12.4 Å².